The molecule has 3 nitrogen and oxygen atoms in total. The van der Waals surface area contributed by atoms with Crippen LogP contribution < -0.4 is 4.74 Å². The lowest BCUT2D eigenvalue weighted by Gasteiger charge is -2.22. The Morgan fingerprint density at radius 3 is 2.52 bits per heavy atom. The highest BCUT2D eigenvalue weighted by Crippen LogP contribution is 2.47. The maximum absolute atomic E-state index is 12.9. The molecule has 1 atom stereocenters. The lowest BCUT2D eigenvalue weighted by Crippen LogP contribution is -2.29. The molecule has 0 aliphatic heterocycles. The minimum absolute atomic E-state index is 0.0687. The van der Waals surface area contributed by atoms with Crippen LogP contribution in [-0.2, 0) is 11.8 Å². The molecule has 3 rings (SSSR count). The largest absolute Gasteiger partial charge is 0.504 e. The van der Waals surface area contributed by atoms with Gasteiger partial charge >= 0.3 is 0 Å². The highest BCUT2D eigenvalue weighted by molar-refractivity contribution is 6.10. The Hall–Kier alpha value is -2.29. The highest BCUT2D eigenvalue weighted by atomic mass is 16.5. The van der Waals surface area contributed by atoms with Gasteiger partial charge in [0.2, 0.25) is 0 Å². The minimum atomic E-state index is -0.627. The summed E-state index contributed by atoms with van der Waals surface area (Å²) in [4.78, 5) is 12.9. The Labute approximate surface area is 124 Å². The zero-order valence-corrected chi connectivity index (χ0v) is 12.4. The normalized spacial score (nSPS) is 20.4. The molecule has 0 radical (unpaired) electrons. The quantitative estimate of drug-likeness (QED) is 0.918. The fourth-order valence-electron chi connectivity index (χ4n) is 3.24. The number of phenolic OH excluding ortho intramolecular Hbond substituents is 1. The molecule has 2 aromatic carbocycles. The Kier molecular flexibility index (Phi) is 3.01. The summed E-state index contributed by atoms with van der Waals surface area (Å²) in [6, 6.07) is 11.5. The van der Waals surface area contributed by atoms with Crippen LogP contribution in [0.4, 0.5) is 0 Å². The number of hydrogen-bond acceptors (Lipinski definition) is 3. The van der Waals surface area contributed by atoms with Gasteiger partial charge in [-0.15, -0.1) is 0 Å². The van der Waals surface area contributed by atoms with Crippen molar-refractivity contribution in [2.75, 3.05) is 7.11 Å². The molecule has 0 aromatic heterocycles. The molecule has 0 heterocycles. The van der Waals surface area contributed by atoms with E-state index in [1.807, 2.05) is 44.2 Å². The van der Waals surface area contributed by atoms with Crippen LogP contribution in [0.3, 0.4) is 0 Å². The van der Waals surface area contributed by atoms with Gasteiger partial charge in [-0.1, -0.05) is 30.3 Å². The molecule has 1 unspecified atom stereocenters. The monoisotopic (exact) mass is 282 g/mol. The highest BCUT2D eigenvalue weighted by Gasteiger charge is 2.45. The van der Waals surface area contributed by atoms with E-state index in [1.165, 1.54) is 7.11 Å². The molecular weight excluding hydrogens is 264 g/mol. The zero-order valence-electron chi connectivity index (χ0n) is 12.4. The van der Waals surface area contributed by atoms with Gasteiger partial charge in [0.05, 0.1) is 12.5 Å². The van der Waals surface area contributed by atoms with Crippen molar-refractivity contribution in [3.8, 4) is 11.5 Å². The number of aryl methyl sites for hydroxylation is 1. The van der Waals surface area contributed by atoms with Crippen LogP contribution in [-0.4, -0.2) is 18.0 Å². The summed E-state index contributed by atoms with van der Waals surface area (Å²) in [6.07, 6.45) is 0.495. The maximum Gasteiger partial charge on any atom is 0.174 e. The number of benzene rings is 2. The number of ether oxygens (including phenoxy) is 1. The predicted molar refractivity (Wildman–Crippen MR) is 81.2 cm³/mol. The average Bonchev–Trinajstić information content (AvgIpc) is 2.78. The van der Waals surface area contributed by atoms with E-state index < -0.39 is 5.41 Å². The first-order chi connectivity index (χ1) is 9.99. The summed E-state index contributed by atoms with van der Waals surface area (Å²) in [7, 11) is 1.52. The van der Waals surface area contributed by atoms with Crippen molar-refractivity contribution in [2.24, 2.45) is 0 Å². The second-order valence-electron chi connectivity index (χ2n) is 5.80. The molecule has 2 aromatic rings. The molecule has 0 fully saturated rings. The number of carbonyl (C=O) groups is 1. The van der Waals surface area contributed by atoms with Crippen molar-refractivity contribution >= 4 is 5.78 Å². The Morgan fingerprint density at radius 2 is 1.90 bits per heavy atom. The van der Waals surface area contributed by atoms with Gasteiger partial charge < -0.3 is 9.84 Å². The van der Waals surface area contributed by atoms with E-state index >= 15 is 0 Å². The molecule has 0 amide bonds. The van der Waals surface area contributed by atoms with Gasteiger partial charge in [-0.3, -0.25) is 4.79 Å². The Morgan fingerprint density at radius 1 is 1.24 bits per heavy atom. The lowest BCUT2D eigenvalue weighted by molar-refractivity contribution is 0.0915. The molecule has 3 heteroatoms. The fraction of sp³-hybridized carbons (Fsp3) is 0.278. The number of aromatic hydroxyl groups is 1. The first-order valence-corrected chi connectivity index (χ1v) is 6.99. The maximum atomic E-state index is 12.9. The lowest BCUT2D eigenvalue weighted by atomic mass is 9.79. The zero-order chi connectivity index (χ0) is 15.2. The molecule has 0 bridgehead atoms. The van der Waals surface area contributed by atoms with Crippen LogP contribution in [0, 0.1) is 6.92 Å². The Balaban J connectivity index is 2.19. The summed E-state index contributed by atoms with van der Waals surface area (Å²) in [5.74, 6) is 0.585. The predicted octanol–water partition coefficient (Wildman–Crippen LogP) is 3.41. The minimum Gasteiger partial charge on any atom is -0.504 e. The number of hydrogen-bond donors (Lipinski definition) is 1. The van der Waals surface area contributed by atoms with Crippen molar-refractivity contribution < 1.29 is 14.6 Å². The van der Waals surface area contributed by atoms with Crippen LogP contribution in [0.2, 0.25) is 0 Å². The van der Waals surface area contributed by atoms with Crippen molar-refractivity contribution in [2.45, 2.75) is 25.7 Å². The molecule has 0 saturated heterocycles. The first-order valence-electron chi connectivity index (χ1n) is 6.99. The Bertz CT molecular complexity index is 719. The summed E-state index contributed by atoms with van der Waals surface area (Å²) in [5.41, 5.74) is 2.54. The van der Waals surface area contributed by atoms with E-state index in [0.29, 0.717) is 23.3 Å². The van der Waals surface area contributed by atoms with Crippen LogP contribution >= 0.6 is 0 Å². The molecule has 0 spiro atoms. The topological polar surface area (TPSA) is 46.5 Å². The number of Topliss-reactive ketones (excluding diaryl/α,β-unsaturated/α-hetero) is 1. The van der Waals surface area contributed by atoms with E-state index in [2.05, 4.69) is 0 Å². The number of phenols is 1. The van der Waals surface area contributed by atoms with Crippen molar-refractivity contribution in [3.05, 3.63) is 58.7 Å². The van der Waals surface area contributed by atoms with Gasteiger partial charge in [-0.2, -0.15) is 0 Å². The number of rotatable bonds is 2. The van der Waals surface area contributed by atoms with Gasteiger partial charge in [0, 0.05) is 11.1 Å². The van der Waals surface area contributed by atoms with Crippen molar-refractivity contribution in [1.82, 2.24) is 0 Å². The van der Waals surface area contributed by atoms with Gasteiger partial charge in [-0.05, 0) is 37.5 Å². The smallest absolute Gasteiger partial charge is 0.174 e. The third-order valence-corrected chi connectivity index (χ3v) is 4.45. The molecular formula is C18H18O3. The van der Waals surface area contributed by atoms with Crippen molar-refractivity contribution in [3.63, 3.8) is 0 Å². The second kappa shape index (κ2) is 4.62. The van der Waals surface area contributed by atoms with Gasteiger partial charge in [0.1, 0.15) is 0 Å². The van der Waals surface area contributed by atoms with Crippen molar-refractivity contribution in [1.29, 1.82) is 0 Å². The third kappa shape index (κ3) is 1.84. The van der Waals surface area contributed by atoms with E-state index in [0.717, 1.165) is 11.1 Å². The first kappa shape index (κ1) is 13.7. The summed E-state index contributed by atoms with van der Waals surface area (Å²) in [5, 5.41) is 10.4. The number of methoxy groups -OCH3 is 1. The van der Waals surface area contributed by atoms with E-state index in [-0.39, 0.29) is 11.5 Å². The number of carbonyl (C=O) groups excluding carboxylic acids is 1. The van der Waals surface area contributed by atoms with Crippen LogP contribution in [0.5, 0.6) is 11.5 Å². The summed E-state index contributed by atoms with van der Waals surface area (Å²) >= 11 is 0. The van der Waals surface area contributed by atoms with Gasteiger partial charge in [0.15, 0.2) is 17.3 Å². The SMILES string of the molecule is COc1cc(C)c2c(c1O)CC(C)(c1ccccc1)C2=O. The molecule has 0 saturated carbocycles. The third-order valence-electron chi connectivity index (χ3n) is 4.45. The average molecular weight is 282 g/mol. The van der Waals surface area contributed by atoms with Gasteiger partial charge in [-0.25, -0.2) is 0 Å². The van der Waals surface area contributed by atoms with Gasteiger partial charge in [0.25, 0.3) is 0 Å². The molecule has 1 aliphatic rings. The number of ketones is 1. The molecule has 1 N–H and O–H groups in total. The second-order valence-corrected chi connectivity index (χ2v) is 5.80. The van der Waals surface area contributed by atoms with E-state index in [9.17, 15) is 9.90 Å². The molecule has 108 valence electrons. The summed E-state index contributed by atoms with van der Waals surface area (Å²) in [6.45, 7) is 3.82. The van der Waals surface area contributed by atoms with E-state index in [4.69, 9.17) is 4.74 Å². The molecule has 21 heavy (non-hydrogen) atoms. The standard InChI is InChI=1S/C18H18O3/c1-11-9-14(21-3)16(19)13-10-18(2,17(20)15(11)13)12-7-5-4-6-8-12/h4-9,19H,10H2,1-3H3. The van der Waals surface area contributed by atoms with E-state index in [1.54, 1.807) is 6.07 Å². The number of fused-ring (bicyclic) bond motifs is 1. The summed E-state index contributed by atoms with van der Waals surface area (Å²) < 4.78 is 5.20. The molecule has 1 aliphatic carbocycles. The van der Waals surface area contributed by atoms with Crippen LogP contribution in [0.15, 0.2) is 36.4 Å². The fourth-order valence-corrected chi connectivity index (χ4v) is 3.24. The van der Waals surface area contributed by atoms with Crippen LogP contribution in [0.1, 0.15) is 34.0 Å². The van der Waals surface area contributed by atoms with Crippen LogP contribution in [0.25, 0.3) is 0 Å².